The summed E-state index contributed by atoms with van der Waals surface area (Å²) in [6, 6.07) is 12.3. The minimum atomic E-state index is 0.693. The summed E-state index contributed by atoms with van der Waals surface area (Å²) >= 11 is 0. The zero-order chi connectivity index (χ0) is 20.5. The Morgan fingerprint density at radius 1 is 0.867 bits per heavy atom. The molecule has 0 amide bonds. The number of nitrogens with zero attached hydrogens (tertiary/aromatic N) is 8. The number of rotatable bonds is 4. The van der Waals surface area contributed by atoms with Crippen LogP contribution in [0.15, 0.2) is 48.9 Å². The van der Waals surface area contributed by atoms with Crippen LogP contribution in [0.5, 0.6) is 0 Å². The molecule has 30 heavy (non-hydrogen) atoms. The summed E-state index contributed by atoms with van der Waals surface area (Å²) in [6.45, 7) is 8.13. The second-order valence-electron chi connectivity index (χ2n) is 7.65. The van der Waals surface area contributed by atoms with Gasteiger partial charge in [-0.3, -0.25) is 0 Å². The monoisotopic (exact) mass is 400 g/mol. The topological polar surface area (TPSA) is 75.9 Å². The summed E-state index contributed by atoms with van der Waals surface area (Å²) in [7, 11) is 0. The third-order valence-electron chi connectivity index (χ3n) is 5.42. The number of anilines is 2. The van der Waals surface area contributed by atoms with Crippen LogP contribution in [0.4, 0.5) is 11.8 Å². The Labute approximate surface area is 175 Å². The summed E-state index contributed by atoms with van der Waals surface area (Å²) < 4.78 is 1.94. The van der Waals surface area contributed by atoms with Gasteiger partial charge in [-0.05, 0) is 25.5 Å². The Kier molecular flexibility index (Phi) is 4.74. The number of piperazine rings is 1. The lowest BCUT2D eigenvalue weighted by Gasteiger charge is -2.35. The molecule has 1 aliphatic heterocycles. The van der Waals surface area contributed by atoms with Crippen molar-refractivity contribution in [3.05, 3.63) is 65.9 Å². The van der Waals surface area contributed by atoms with Crippen molar-refractivity contribution in [3.8, 4) is 0 Å². The van der Waals surface area contributed by atoms with E-state index in [0.717, 1.165) is 60.4 Å². The number of hydrogen-bond acceptors (Lipinski definition) is 7. The molecule has 8 heteroatoms. The first-order valence-corrected chi connectivity index (χ1v) is 10.2. The Morgan fingerprint density at radius 3 is 2.30 bits per heavy atom. The maximum absolute atomic E-state index is 4.61. The normalized spacial score (nSPS) is 14.5. The van der Waals surface area contributed by atoms with E-state index in [4.69, 9.17) is 0 Å². The third-order valence-corrected chi connectivity index (χ3v) is 5.42. The smallest absolute Gasteiger partial charge is 0.225 e. The predicted octanol–water partition coefficient (Wildman–Crippen LogP) is 2.61. The van der Waals surface area contributed by atoms with Crippen molar-refractivity contribution in [2.45, 2.75) is 20.4 Å². The fourth-order valence-electron chi connectivity index (χ4n) is 3.97. The van der Waals surface area contributed by atoms with Crippen LogP contribution in [-0.4, -0.2) is 55.9 Å². The van der Waals surface area contributed by atoms with Crippen LogP contribution in [0.3, 0.4) is 0 Å². The molecule has 5 rings (SSSR count). The average Bonchev–Trinajstić information content (AvgIpc) is 3.17. The highest BCUT2D eigenvalue weighted by atomic mass is 15.3. The highest BCUT2D eigenvalue weighted by molar-refractivity contribution is 5.86. The van der Waals surface area contributed by atoms with Crippen LogP contribution in [0, 0.1) is 13.8 Å². The average molecular weight is 400 g/mol. The van der Waals surface area contributed by atoms with Gasteiger partial charge in [0, 0.05) is 37.6 Å². The summed E-state index contributed by atoms with van der Waals surface area (Å²) in [5, 5.41) is 5.58. The van der Waals surface area contributed by atoms with Crippen LogP contribution in [-0.2, 0) is 6.54 Å². The summed E-state index contributed by atoms with van der Waals surface area (Å²) in [4.78, 5) is 22.9. The molecule has 1 aliphatic rings. The Bertz CT molecular complexity index is 1140. The molecule has 4 aromatic rings. The highest BCUT2D eigenvalue weighted by Crippen LogP contribution is 2.25. The van der Waals surface area contributed by atoms with Crippen molar-refractivity contribution >= 4 is 22.8 Å². The molecule has 1 saturated heterocycles. The minimum absolute atomic E-state index is 0.693. The van der Waals surface area contributed by atoms with Gasteiger partial charge in [0.2, 0.25) is 5.95 Å². The molecule has 0 saturated carbocycles. The van der Waals surface area contributed by atoms with Gasteiger partial charge >= 0.3 is 0 Å². The van der Waals surface area contributed by atoms with Crippen molar-refractivity contribution in [2.24, 2.45) is 0 Å². The first kappa shape index (κ1) is 18.5. The van der Waals surface area contributed by atoms with E-state index in [1.807, 2.05) is 49.0 Å². The molecule has 4 heterocycles. The molecule has 0 unspecified atom stereocenters. The van der Waals surface area contributed by atoms with Crippen molar-refractivity contribution < 1.29 is 0 Å². The minimum Gasteiger partial charge on any atom is -0.352 e. The van der Waals surface area contributed by atoms with Crippen LogP contribution >= 0.6 is 0 Å². The Morgan fingerprint density at radius 2 is 1.57 bits per heavy atom. The van der Waals surface area contributed by atoms with Gasteiger partial charge in [0.25, 0.3) is 0 Å². The van der Waals surface area contributed by atoms with Gasteiger partial charge in [-0.25, -0.2) is 24.6 Å². The number of aromatic nitrogens is 6. The second kappa shape index (κ2) is 7.70. The maximum Gasteiger partial charge on any atom is 0.225 e. The number of hydrogen-bond donors (Lipinski definition) is 0. The lowest BCUT2D eigenvalue weighted by Crippen LogP contribution is -2.47. The molecular weight excluding hydrogens is 376 g/mol. The largest absolute Gasteiger partial charge is 0.352 e. The SMILES string of the molecule is Cc1cc(C)nc(N2CCN(c3ncnc4c3cnn4Cc3ccccc3)CC2)n1. The molecule has 0 atom stereocenters. The first-order valence-electron chi connectivity index (χ1n) is 10.2. The molecule has 8 nitrogen and oxygen atoms in total. The summed E-state index contributed by atoms with van der Waals surface area (Å²) in [6.07, 6.45) is 3.52. The number of aryl methyl sites for hydroxylation is 2. The van der Waals surface area contributed by atoms with E-state index < -0.39 is 0 Å². The van der Waals surface area contributed by atoms with E-state index >= 15 is 0 Å². The molecule has 1 fully saturated rings. The summed E-state index contributed by atoms with van der Waals surface area (Å²) in [5.41, 5.74) is 4.07. The van der Waals surface area contributed by atoms with Crippen LogP contribution in [0.2, 0.25) is 0 Å². The molecule has 0 N–H and O–H groups in total. The number of benzene rings is 1. The van der Waals surface area contributed by atoms with Gasteiger partial charge in [0.1, 0.15) is 12.1 Å². The molecule has 3 aromatic heterocycles. The first-order chi connectivity index (χ1) is 14.7. The van der Waals surface area contributed by atoms with Crippen LogP contribution < -0.4 is 9.80 Å². The molecule has 0 bridgehead atoms. The fourth-order valence-corrected chi connectivity index (χ4v) is 3.97. The molecule has 152 valence electrons. The molecule has 1 aromatic carbocycles. The van der Waals surface area contributed by atoms with E-state index in [1.54, 1.807) is 6.33 Å². The van der Waals surface area contributed by atoms with E-state index in [2.05, 4.69) is 47.0 Å². The van der Waals surface area contributed by atoms with Gasteiger partial charge in [-0.15, -0.1) is 0 Å². The van der Waals surface area contributed by atoms with Crippen LogP contribution in [0.1, 0.15) is 17.0 Å². The van der Waals surface area contributed by atoms with E-state index in [0.29, 0.717) is 6.54 Å². The predicted molar refractivity (Wildman–Crippen MR) is 117 cm³/mol. The molecule has 0 aliphatic carbocycles. The van der Waals surface area contributed by atoms with Gasteiger partial charge in [-0.2, -0.15) is 5.10 Å². The van der Waals surface area contributed by atoms with Crippen molar-refractivity contribution in [1.82, 2.24) is 29.7 Å². The highest BCUT2D eigenvalue weighted by Gasteiger charge is 2.23. The van der Waals surface area contributed by atoms with E-state index in [1.165, 1.54) is 5.56 Å². The van der Waals surface area contributed by atoms with Gasteiger partial charge < -0.3 is 9.80 Å². The second-order valence-corrected chi connectivity index (χ2v) is 7.65. The molecule has 0 radical (unpaired) electrons. The van der Waals surface area contributed by atoms with E-state index in [9.17, 15) is 0 Å². The van der Waals surface area contributed by atoms with Crippen molar-refractivity contribution in [1.29, 1.82) is 0 Å². The quantitative estimate of drug-likeness (QED) is 0.521. The zero-order valence-corrected chi connectivity index (χ0v) is 17.2. The van der Waals surface area contributed by atoms with Gasteiger partial charge in [0.15, 0.2) is 5.65 Å². The summed E-state index contributed by atoms with van der Waals surface area (Å²) in [5.74, 6) is 1.76. The lowest BCUT2D eigenvalue weighted by molar-refractivity contribution is 0.634. The third kappa shape index (κ3) is 3.56. The van der Waals surface area contributed by atoms with Gasteiger partial charge in [-0.1, -0.05) is 30.3 Å². The molecular formula is C22H24N8. The molecule has 0 spiro atoms. The Balaban J connectivity index is 1.36. The van der Waals surface area contributed by atoms with Gasteiger partial charge in [0.05, 0.1) is 18.1 Å². The number of fused-ring (bicyclic) bond motifs is 1. The fraction of sp³-hybridized carbons (Fsp3) is 0.318. The van der Waals surface area contributed by atoms with Crippen LogP contribution in [0.25, 0.3) is 11.0 Å². The van der Waals surface area contributed by atoms with Crippen molar-refractivity contribution in [2.75, 3.05) is 36.0 Å². The zero-order valence-electron chi connectivity index (χ0n) is 17.2. The van der Waals surface area contributed by atoms with E-state index in [-0.39, 0.29) is 0 Å². The lowest BCUT2D eigenvalue weighted by atomic mass is 10.2. The van der Waals surface area contributed by atoms with Crippen molar-refractivity contribution in [3.63, 3.8) is 0 Å². The Hall–Kier alpha value is -3.55. The maximum atomic E-state index is 4.61. The standard InChI is InChI=1S/C22H24N8/c1-16-12-17(2)27-22(26-16)29-10-8-28(9-11-29)20-19-13-25-30(21(19)24-15-23-20)14-18-6-4-3-5-7-18/h3-7,12-13,15H,8-11,14H2,1-2H3.